The van der Waals surface area contributed by atoms with Gasteiger partial charge in [0.15, 0.2) is 0 Å². The van der Waals surface area contributed by atoms with E-state index >= 15 is 0 Å². The van der Waals surface area contributed by atoms with Crippen LogP contribution in [-0.4, -0.2) is 15.6 Å². The van der Waals surface area contributed by atoms with Crippen LogP contribution in [0, 0.1) is 12.7 Å². The summed E-state index contributed by atoms with van der Waals surface area (Å²) in [4.78, 5) is 11.2. The molecule has 19 heavy (non-hydrogen) atoms. The minimum Gasteiger partial charge on any atom is -0.477 e. The van der Waals surface area contributed by atoms with Crippen molar-refractivity contribution in [3.05, 3.63) is 47.4 Å². The molecule has 1 aromatic heterocycles. The molecule has 2 aromatic rings. The van der Waals surface area contributed by atoms with E-state index in [2.05, 4.69) is 0 Å². The van der Waals surface area contributed by atoms with Gasteiger partial charge in [-0.1, -0.05) is 12.1 Å². The van der Waals surface area contributed by atoms with E-state index in [1.165, 1.54) is 0 Å². The molecule has 0 bridgehead atoms. The van der Waals surface area contributed by atoms with Crippen molar-refractivity contribution in [2.75, 3.05) is 0 Å². The lowest BCUT2D eigenvalue weighted by molar-refractivity contribution is 0.0685. The first-order valence-electron chi connectivity index (χ1n) is 6.29. The molecule has 1 aromatic carbocycles. The van der Waals surface area contributed by atoms with Gasteiger partial charge in [0, 0.05) is 11.6 Å². The highest BCUT2D eigenvalue weighted by molar-refractivity contribution is 5.87. The van der Waals surface area contributed by atoms with Crippen LogP contribution in [0.5, 0.6) is 0 Å². The molecule has 0 atom stereocenters. The van der Waals surface area contributed by atoms with Gasteiger partial charge >= 0.3 is 5.97 Å². The number of benzene rings is 1. The maximum Gasteiger partial charge on any atom is 0.352 e. The highest BCUT2D eigenvalue weighted by Gasteiger charge is 2.30. The van der Waals surface area contributed by atoms with Gasteiger partial charge in [0.05, 0.1) is 5.69 Å². The quantitative estimate of drug-likeness (QED) is 0.914. The van der Waals surface area contributed by atoms with Crippen molar-refractivity contribution >= 4 is 5.97 Å². The molecule has 0 spiro atoms. The smallest absolute Gasteiger partial charge is 0.352 e. The van der Waals surface area contributed by atoms with Gasteiger partial charge in [0.2, 0.25) is 0 Å². The summed E-state index contributed by atoms with van der Waals surface area (Å²) in [7, 11) is 0. The van der Waals surface area contributed by atoms with Crippen LogP contribution in [0.15, 0.2) is 30.3 Å². The summed E-state index contributed by atoms with van der Waals surface area (Å²) in [6, 6.07) is 8.63. The summed E-state index contributed by atoms with van der Waals surface area (Å²) in [5.74, 6) is -1.24. The van der Waals surface area contributed by atoms with Crippen molar-refractivity contribution in [2.45, 2.75) is 25.8 Å². The number of aromatic nitrogens is 1. The topological polar surface area (TPSA) is 42.2 Å². The Morgan fingerprint density at radius 2 is 2.05 bits per heavy atom. The fourth-order valence-electron chi connectivity index (χ4n) is 2.41. The number of hydrogen-bond donors (Lipinski definition) is 1. The Balaban J connectivity index is 2.20. The number of aromatic carboxylic acids is 1. The Bertz CT molecular complexity index is 656. The molecular weight excluding hydrogens is 245 g/mol. The number of aryl methyl sites for hydroxylation is 1. The van der Waals surface area contributed by atoms with Crippen molar-refractivity contribution in [1.82, 2.24) is 4.57 Å². The number of carbonyl (C=O) groups is 1. The molecule has 3 nitrogen and oxygen atoms in total. The number of rotatable bonds is 3. The van der Waals surface area contributed by atoms with Crippen LogP contribution in [0.2, 0.25) is 0 Å². The van der Waals surface area contributed by atoms with E-state index in [9.17, 15) is 14.3 Å². The first-order valence-corrected chi connectivity index (χ1v) is 6.29. The molecule has 0 amide bonds. The first-order chi connectivity index (χ1) is 9.09. The van der Waals surface area contributed by atoms with Crippen LogP contribution >= 0.6 is 0 Å². The molecule has 1 N–H and O–H groups in total. The fraction of sp³-hybridized carbons (Fsp3) is 0.267. The highest BCUT2D eigenvalue weighted by Crippen LogP contribution is 2.41. The zero-order valence-corrected chi connectivity index (χ0v) is 10.6. The van der Waals surface area contributed by atoms with Gasteiger partial charge in [-0.05, 0) is 43.5 Å². The Hall–Kier alpha value is -2.10. The lowest BCUT2D eigenvalue weighted by Crippen LogP contribution is -2.08. The second-order valence-corrected chi connectivity index (χ2v) is 4.95. The lowest BCUT2D eigenvalue weighted by atomic mass is 10.1. The van der Waals surface area contributed by atoms with Gasteiger partial charge in [0.1, 0.15) is 11.5 Å². The van der Waals surface area contributed by atoms with Crippen molar-refractivity contribution in [1.29, 1.82) is 0 Å². The molecule has 0 unspecified atom stereocenters. The molecule has 1 aliphatic rings. The zero-order chi connectivity index (χ0) is 13.6. The van der Waals surface area contributed by atoms with Crippen LogP contribution in [0.25, 0.3) is 11.3 Å². The first kappa shape index (κ1) is 12.0. The third-order valence-electron chi connectivity index (χ3n) is 3.52. The molecule has 3 rings (SSSR count). The third kappa shape index (κ3) is 1.93. The molecule has 98 valence electrons. The average Bonchev–Trinajstić information content (AvgIpc) is 3.11. The normalized spacial score (nSPS) is 14.6. The van der Waals surface area contributed by atoms with Gasteiger partial charge in [-0.15, -0.1) is 0 Å². The molecule has 1 saturated carbocycles. The van der Waals surface area contributed by atoms with Gasteiger partial charge in [-0.3, -0.25) is 0 Å². The lowest BCUT2D eigenvalue weighted by Gasteiger charge is -2.12. The minimum absolute atomic E-state index is 0.191. The van der Waals surface area contributed by atoms with E-state index in [-0.39, 0.29) is 17.6 Å². The SMILES string of the molecule is Cc1cccc(-c2ccc(C(=O)O)n2C2CC2)c1F. The second-order valence-electron chi connectivity index (χ2n) is 4.95. The second kappa shape index (κ2) is 4.23. The minimum atomic E-state index is -0.966. The van der Waals surface area contributed by atoms with E-state index in [0.717, 1.165) is 12.8 Å². The van der Waals surface area contributed by atoms with Crippen LogP contribution < -0.4 is 0 Å². The van der Waals surface area contributed by atoms with E-state index in [1.54, 1.807) is 41.8 Å². The Labute approximate surface area is 110 Å². The van der Waals surface area contributed by atoms with Gasteiger partial charge in [-0.25, -0.2) is 9.18 Å². The van der Waals surface area contributed by atoms with Crippen LogP contribution in [0.1, 0.15) is 34.9 Å². The number of carboxylic acids is 1. The molecule has 0 aliphatic heterocycles. The summed E-state index contributed by atoms with van der Waals surface area (Å²) < 4.78 is 16.0. The van der Waals surface area contributed by atoms with Crippen LogP contribution in [0.3, 0.4) is 0 Å². The molecule has 4 heteroatoms. The molecule has 1 fully saturated rings. The van der Waals surface area contributed by atoms with Crippen molar-refractivity contribution in [3.8, 4) is 11.3 Å². The van der Waals surface area contributed by atoms with E-state index in [4.69, 9.17) is 0 Å². The van der Waals surface area contributed by atoms with Crippen LogP contribution in [-0.2, 0) is 0 Å². The predicted molar refractivity (Wildman–Crippen MR) is 69.8 cm³/mol. The Kier molecular flexibility index (Phi) is 2.66. The monoisotopic (exact) mass is 259 g/mol. The summed E-state index contributed by atoms with van der Waals surface area (Å²) in [5, 5.41) is 9.21. The summed E-state index contributed by atoms with van der Waals surface area (Å²) >= 11 is 0. The van der Waals surface area contributed by atoms with E-state index in [0.29, 0.717) is 16.8 Å². The van der Waals surface area contributed by atoms with E-state index < -0.39 is 5.97 Å². The van der Waals surface area contributed by atoms with Crippen molar-refractivity contribution in [3.63, 3.8) is 0 Å². The van der Waals surface area contributed by atoms with Crippen LogP contribution in [0.4, 0.5) is 4.39 Å². The summed E-state index contributed by atoms with van der Waals surface area (Å²) in [6.45, 7) is 1.71. The molecule has 1 aliphatic carbocycles. The molecular formula is C15H14FNO2. The van der Waals surface area contributed by atoms with Crippen molar-refractivity contribution < 1.29 is 14.3 Å². The number of hydrogen-bond acceptors (Lipinski definition) is 1. The predicted octanol–water partition coefficient (Wildman–Crippen LogP) is 3.64. The number of carboxylic acid groups (broad SMARTS) is 1. The van der Waals surface area contributed by atoms with E-state index in [1.807, 2.05) is 0 Å². The highest BCUT2D eigenvalue weighted by atomic mass is 19.1. The van der Waals surface area contributed by atoms with Gasteiger partial charge < -0.3 is 9.67 Å². The Morgan fingerprint density at radius 3 is 2.68 bits per heavy atom. The largest absolute Gasteiger partial charge is 0.477 e. The molecule has 0 radical (unpaired) electrons. The maximum absolute atomic E-state index is 14.2. The van der Waals surface area contributed by atoms with Gasteiger partial charge in [-0.2, -0.15) is 0 Å². The molecule has 0 saturated heterocycles. The van der Waals surface area contributed by atoms with Crippen molar-refractivity contribution in [2.24, 2.45) is 0 Å². The van der Waals surface area contributed by atoms with Gasteiger partial charge in [0.25, 0.3) is 0 Å². The average molecular weight is 259 g/mol. The maximum atomic E-state index is 14.2. The summed E-state index contributed by atoms with van der Waals surface area (Å²) in [5.41, 5.74) is 1.93. The zero-order valence-electron chi connectivity index (χ0n) is 10.6. The fourth-order valence-corrected chi connectivity index (χ4v) is 2.41. The molecule has 1 heterocycles. The summed E-state index contributed by atoms with van der Waals surface area (Å²) in [6.07, 6.45) is 1.91. The Morgan fingerprint density at radius 1 is 1.32 bits per heavy atom. The number of nitrogens with zero attached hydrogens (tertiary/aromatic N) is 1. The third-order valence-corrected chi connectivity index (χ3v) is 3.52. The standard InChI is InChI=1S/C15H14FNO2/c1-9-3-2-4-11(14(9)16)12-7-8-13(15(18)19)17(12)10-5-6-10/h2-4,7-8,10H,5-6H2,1H3,(H,18,19). The number of halogens is 1.